The van der Waals surface area contributed by atoms with E-state index in [0.717, 1.165) is 12.3 Å². The Morgan fingerprint density at radius 2 is 1.70 bits per heavy atom. The molecule has 12 heteroatoms. The number of hydrogen-bond donors (Lipinski definition) is 1. The molecule has 0 aliphatic heterocycles. The number of nitro benzene ring substituents is 1. The lowest BCUT2D eigenvalue weighted by Gasteiger charge is -2.13. The molecule has 33 heavy (non-hydrogen) atoms. The molecular weight excluding hydrogens is 478 g/mol. The molecule has 0 amide bonds. The number of carboxylic acid groups (broad SMARTS) is 1. The molecule has 0 heterocycles. The van der Waals surface area contributed by atoms with Gasteiger partial charge in [-0.05, 0) is 36.4 Å². The van der Waals surface area contributed by atoms with Crippen LogP contribution in [0.4, 0.5) is 5.69 Å². The third-order valence-corrected chi connectivity index (χ3v) is 5.51. The molecule has 172 valence electrons. The number of carbonyl (C=O) groups is 1. The summed E-state index contributed by atoms with van der Waals surface area (Å²) in [6.45, 7) is -0.631. The Bertz CT molecular complexity index is 1330. The first-order valence-electron chi connectivity index (χ1n) is 9.12. The molecule has 0 saturated heterocycles. The molecule has 1 N–H and O–H groups in total. The second kappa shape index (κ2) is 9.76. The number of nitro groups is 1. The number of benzene rings is 3. The number of para-hydroxylation sites is 2. The van der Waals surface area contributed by atoms with Crippen LogP contribution in [0, 0.1) is 10.1 Å². The standard InChI is InChI=1S/C21H16ClNO9S/c1-33(28,29)14-7-9-17(15(22)11-14)31-13-6-8-16(23(26)27)20(10-13)32-19-5-3-2-4-18(19)30-12-21(24)25/h2-11H,12H2,1H3,(H,24,25). The fraction of sp³-hybridized carbons (Fsp3) is 0.0952. The van der Waals surface area contributed by atoms with Crippen molar-refractivity contribution >= 4 is 33.1 Å². The zero-order valence-electron chi connectivity index (χ0n) is 16.9. The van der Waals surface area contributed by atoms with E-state index in [-0.39, 0.29) is 44.4 Å². The van der Waals surface area contributed by atoms with Gasteiger partial charge in [-0.3, -0.25) is 10.1 Å². The summed E-state index contributed by atoms with van der Waals surface area (Å²) in [5.41, 5.74) is -0.381. The van der Waals surface area contributed by atoms with Crippen molar-refractivity contribution in [1.82, 2.24) is 0 Å². The maximum atomic E-state index is 11.7. The van der Waals surface area contributed by atoms with Crippen LogP contribution in [-0.2, 0) is 14.6 Å². The number of halogens is 1. The van der Waals surface area contributed by atoms with Gasteiger partial charge in [0.2, 0.25) is 5.75 Å². The Morgan fingerprint density at radius 3 is 2.30 bits per heavy atom. The van der Waals surface area contributed by atoms with E-state index in [1.807, 2.05) is 0 Å². The predicted octanol–water partition coefficient (Wildman–Crippen LogP) is 4.70. The highest BCUT2D eigenvalue weighted by atomic mass is 35.5. The molecule has 3 aromatic carbocycles. The maximum Gasteiger partial charge on any atom is 0.341 e. The summed E-state index contributed by atoms with van der Waals surface area (Å²) in [4.78, 5) is 21.6. The van der Waals surface area contributed by atoms with Crippen LogP contribution in [0.5, 0.6) is 28.7 Å². The van der Waals surface area contributed by atoms with E-state index in [4.69, 9.17) is 30.9 Å². The van der Waals surface area contributed by atoms with Crippen molar-refractivity contribution in [3.05, 3.63) is 75.8 Å². The van der Waals surface area contributed by atoms with Crippen LogP contribution >= 0.6 is 11.6 Å². The predicted molar refractivity (Wildman–Crippen MR) is 117 cm³/mol. The normalized spacial score (nSPS) is 11.0. The van der Waals surface area contributed by atoms with E-state index in [0.29, 0.717) is 0 Å². The minimum absolute atomic E-state index is 0.00513. The molecule has 0 aromatic heterocycles. The van der Waals surface area contributed by atoms with Gasteiger partial charge < -0.3 is 19.3 Å². The maximum absolute atomic E-state index is 11.7. The number of carboxylic acids is 1. The van der Waals surface area contributed by atoms with Crippen LogP contribution < -0.4 is 14.2 Å². The topological polar surface area (TPSA) is 142 Å². The summed E-state index contributed by atoms with van der Waals surface area (Å²) >= 11 is 6.12. The van der Waals surface area contributed by atoms with E-state index in [2.05, 4.69) is 0 Å². The summed E-state index contributed by atoms with van der Waals surface area (Å²) in [6.07, 6.45) is 1.04. The fourth-order valence-corrected chi connectivity index (χ4v) is 3.56. The largest absolute Gasteiger partial charge is 0.479 e. The lowest BCUT2D eigenvalue weighted by Crippen LogP contribution is -2.09. The number of sulfone groups is 1. The van der Waals surface area contributed by atoms with Crippen LogP contribution in [-0.4, -0.2) is 37.3 Å². The molecule has 0 saturated carbocycles. The minimum Gasteiger partial charge on any atom is -0.479 e. The van der Waals surface area contributed by atoms with Gasteiger partial charge >= 0.3 is 11.7 Å². The molecule has 0 bridgehead atoms. The first-order chi connectivity index (χ1) is 15.5. The van der Waals surface area contributed by atoms with Gasteiger partial charge in [0, 0.05) is 18.4 Å². The Kier molecular flexibility index (Phi) is 7.04. The Labute approximate surface area is 193 Å². The van der Waals surface area contributed by atoms with Crippen molar-refractivity contribution in [3.63, 3.8) is 0 Å². The summed E-state index contributed by atoms with van der Waals surface area (Å²) in [5.74, 6) is -1.05. The van der Waals surface area contributed by atoms with Crippen LogP contribution in [0.2, 0.25) is 5.02 Å². The van der Waals surface area contributed by atoms with Gasteiger partial charge in [0.05, 0.1) is 14.8 Å². The van der Waals surface area contributed by atoms with Gasteiger partial charge in [0.15, 0.2) is 27.9 Å². The molecular formula is C21H16ClNO9S. The summed E-state index contributed by atoms with van der Waals surface area (Å²) in [5, 5.41) is 20.3. The lowest BCUT2D eigenvalue weighted by molar-refractivity contribution is -0.385. The van der Waals surface area contributed by atoms with E-state index >= 15 is 0 Å². The molecule has 0 spiro atoms. The average Bonchev–Trinajstić information content (AvgIpc) is 2.73. The zero-order valence-corrected chi connectivity index (χ0v) is 18.5. The second-order valence-electron chi connectivity index (χ2n) is 6.58. The Balaban J connectivity index is 1.93. The molecule has 3 rings (SSSR count). The van der Waals surface area contributed by atoms with Crippen molar-refractivity contribution in [2.45, 2.75) is 4.90 Å². The number of ether oxygens (including phenoxy) is 3. The molecule has 0 atom stereocenters. The zero-order chi connectivity index (χ0) is 24.2. The monoisotopic (exact) mass is 493 g/mol. The molecule has 0 aliphatic carbocycles. The average molecular weight is 494 g/mol. The van der Waals surface area contributed by atoms with Crippen molar-refractivity contribution in [3.8, 4) is 28.7 Å². The van der Waals surface area contributed by atoms with Gasteiger partial charge in [-0.1, -0.05) is 23.7 Å². The number of hydrogen-bond acceptors (Lipinski definition) is 8. The van der Waals surface area contributed by atoms with E-state index in [1.165, 1.54) is 42.5 Å². The summed E-state index contributed by atoms with van der Waals surface area (Å²) < 4.78 is 39.8. The highest BCUT2D eigenvalue weighted by Crippen LogP contribution is 2.40. The smallest absolute Gasteiger partial charge is 0.341 e. The Morgan fingerprint density at radius 1 is 1.00 bits per heavy atom. The van der Waals surface area contributed by atoms with Gasteiger partial charge in [-0.2, -0.15) is 0 Å². The molecule has 0 fully saturated rings. The third kappa shape index (κ3) is 6.11. The number of rotatable bonds is 9. The molecule has 3 aromatic rings. The first-order valence-corrected chi connectivity index (χ1v) is 11.4. The number of aliphatic carboxylic acids is 1. The first kappa shape index (κ1) is 23.8. The van der Waals surface area contributed by atoms with Crippen molar-refractivity contribution in [2.75, 3.05) is 12.9 Å². The van der Waals surface area contributed by atoms with E-state index in [1.54, 1.807) is 12.1 Å². The third-order valence-electron chi connectivity index (χ3n) is 4.11. The van der Waals surface area contributed by atoms with Crippen LogP contribution in [0.3, 0.4) is 0 Å². The van der Waals surface area contributed by atoms with E-state index in [9.17, 15) is 23.3 Å². The lowest BCUT2D eigenvalue weighted by atomic mass is 10.2. The highest BCUT2D eigenvalue weighted by molar-refractivity contribution is 7.90. The quantitative estimate of drug-likeness (QED) is 0.331. The van der Waals surface area contributed by atoms with Gasteiger partial charge in [-0.25, -0.2) is 13.2 Å². The molecule has 0 unspecified atom stereocenters. The fourth-order valence-electron chi connectivity index (χ4n) is 2.62. The van der Waals surface area contributed by atoms with Crippen LogP contribution in [0.15, 0.2) is 65.6 Å². The van der Waals surface area contributed by atoms with Crippen molar-refractivity contribution in [2.24, 2.45) is 0 Å². The molecule has 10 nitrogen and oxygen atoms in total. The van der Waals surface area contributed by atoms with Crippen LogP contribution in [0.25, 0.3) is 0 Å². The van der Waals surface area contributed by atoms with E-state index < -0.39 is 27.3 Å². The van der Waals surface area contributed by atoms with Gasteiger partial charge in [-0.15, -0.1) is 0 Å². The van der Waals surface area contributed by atoms with Crippen LogP contribution in [0.1, 0.15) is 0 Å². The van der Waals surface area contributed by atoms with Crippen molar-refractivity contribution < 1.29 is 37.5 Å². The van der Waals surface area contributed by atoms with Gasteiger partial charge in [0.1, 0.15) is 11.5 Å². The van der Waals surface area contributed by atoms with Gasteiger partial charge in [0.25, 0.3) is 0 Å². The highest BCUT2D eigenvalue weighted by Gasteiger charge is 2.20. The van der Waals surface area contributed by atoms with Crippen molar-refractivity contribution in [1.29, 1.82) is 0 Å². The molecule has 0 aliphatic rings. The summed E-state index contributed by atoms with van der Waals surface area (Å²) in [7, 11) is -3.47. The number of nitrogens with zero attached hydrogens (tertiary/aromatic N) is 1. The Hall–Kier alpha value is -3.83. The minimum atomic E-state index is -3.47. The SMILES string of the molecule is CS(=O)(=O)c1ccc(Oc2ccc([N+](=O)[O-])c(Oc3ccccc3OCC(=O)O)c2)c(Cl)c1. The second-order valence-corrected chi connectivity index (χ2v) is 9.01. The molecule has 0 radical (unpaired) electrons. The summed E-state index contributed by atoms with van der Waals surface area (Å²) in [6, 6.07) is 13.7.